The van der Waals surface area contributed by atoms with E-state index in [4.69, 9.17) is 4.55 Å². The summed E-state index contributed by atoms with van der Waals surface area (Å²) in [7, 11) is -3.82. The molecule has 6 heteroatoms. The lowest BCUT2D eigenvalue weighted by atomic mass is 10.4. The maximum absolute atomic E-state index is 10.4. The quantitative estimate of drug-likeness (QED) is 0.723. The first kappa shape index (κ1) is 10.2. The minimum Gasteiger partial charge on any atom is -0.335 e. The van der Waals surface area contributed by atoms with Crippen molar-refractivity contribution in [3.05, 3.63) is 18.2 Å². The second kappa shape index (κ2) is 3.89. The van der Waals surface area contributed by atoms with E-state index in [0.717, 1.165) is 5.82 Å². The topological polar surface area (TPSA) is 72.2 Å². The molecule has 0 atom stereocenters. The van der Waals surface area contributed by atoms with Gasteiger partial charge < -0.3 is 4.57 Å². The van der Waals surface area contributed by atoms with Crippen molar-refractivity contribution >= 4 is 10.1 Å². The molecule has 0 fully saturated rings. The molecule has 1 heterocycles. The molecule has 1 aromatic heterocycles. The van der Waals surface area contributed by atoms with Crippen LogP contribution in [0.2, 0.25) is 0 Å². The van der Waals surface area contributed by atoms with E-state index in [9.17, 15) is 8.42 Å². The predicted molar refractivity (Wildman–Crippen MR) is 48.0 cm³/mol. The first-order valence-corrected chi connectivity index (χ1v) is 5.53. The third-order valence-electron chi connectivity index (χ3n) is 1.72. The second-order valence-electron chi connectivity index (χ2n) is 2.81. The number of hydrogen-bond acceptors (Lipinski definition) is 3. The van der Waals surface area contributed by atoms with Gasteiger partial charge >= 0.3 is 0 Å². The molecule has 1 rings (SSSR count). The van der Waals surface area contributed by atoms with Gasteiger partial charge in [-0.2, -0.15) is 8.42 Å². The molecule has 0 radical (unpaired) electrons. The summed E-state index contributed by atoms with van der Waals surface area (Å²) in [6, 6.07) is 0. The van der Waals surface area contributed by atoms with Crippen molar-refractivity contribution in [2.24, 2.45) is 0 Å². The minimum atomic E-state index is -3.82. The van der Waals surface area contributed by atoms with Crippen LogP contribution in [-0.2, 0) is 16.7 Å². The Kier molecular flexibility index (Phi) is 3.05. The number of imidazole rings is 1. The summed E-state index contributed by atoms with van der Waals surface area (Å²) in [5, 5.41) is 0. The van der Waals surface area contributed by atoms with Crippen LogP contribution in [0.15, 0.2) is 12.4 Å². The molecule has 0 aliphatic carbocycles. The first-order valence-electron chi connectivity index (χ1n) is 3.92. The SMILES string of the molecule is Cc1nccn1CCCS(=O)(=O)O. The molecule has 0 aliphatic rings. The molecule has 0 spiro atoms. The number of aromatic nitrogens is 2. The van der Waals surface area contributed by atoms with E-state index in [-0.39, 0.29) is 5.75 Å². The zero-order valence-electron chi connectivity index (χ0n) is 7.34. The van der Waals surface area contributed by atoms with Gasteiger partial charge in [-0.25, -0.2) is 4.98 Å². The monoisotopic (exact) mass is 204 g/mol. The van der Waals surface area contributed by atoms with Gasteiger partial charge in [0.15, 0.2) is 0 Å². The summed E-state index contributed by atoms with van der Waals surface area (Å²) in [5.41, 5.74) is 0. The third kappa shape index (κ3) is 3.56. The van der Waals surface area contributed by atoms with Crippen LogP contribution in [0, 0.1) is 6.92 Å². The molecule has 0 saturated heterocycles. The highest BCUT2D eigenvalue weighted by Gasteiger charge is 2.04. The van der Waals surface area contributed by atoms with Crippen LogP contribution in [0.25, 0.3) is 0 Å². The fourth-order valence-electron chi connectivity index (χ4n) is 1.06. The zero-order valence-corrected chi connectivity index (χ0v) is 8.16. The zero-order chi connectivity index (χ0) is 9.90. The summed E-state index contributed by atoms with van der Waals surface area (Å²) in [4.78, 5) is 3.98. The third-order valence-corrected chi connectivity index (χ3v) is 2.53. The Balaban J connectivity index is 2.41. The lowest BCUT2D eigenvalue weighted by molar-refractivity contribution is 0.478. The fraction of sp³-hybridized carbons (Fsp3) is 0.571. The van der Waals surface area contributed by atoms with Gasteiger partial charge in [-0.15, -0.1) is 0 Å². The van der Waals surface area contributed by atoms with Crippen LogP contribution < -0.4 is 0 Å². The molecule has 13 heavy (non-hydrogen) atoms. The fourth-order valence-corrected chi connectivity index (χ4v) is 1.55. The summed E-state index contributed by atoms with van der Waals surface area (Å²) < 4.78 is 31.1. The Morgan fingerprint density at radius 3 is 2.77 bits per heavy atom. The number of hydrogen-bond donors (Lipinski definition) is 1. The highest BCUT2D eigenvalue weighted by Crippen LogP contribution is 1.98. The first-order chi connectivity index (χ1) is 5.99. The van der Waals surface area contributed by atoms with Crippen molar-refractivity contribution in [2.75, 3.05) is 5.75 Å². The van der Waals surface area contributed by atoms with Crippen LogP contribution >= 0.6 is 0 Å². The van der Waals surface area contributed by atoms with Gasteiger partial charge in [0.25, 0.3) is 10.1 Å². The lowest BCUT2D eigenvalue weighted by Crippen LogP contribution is -2.08. The molecule has 0 aliphatic heterocycles. The standard InChI is InChI=1S/C7H12N2O3S/c1-7-8-3-5-9(7)4-2-6-13(10,11)12/h3,5H,2,4,6H2,1H3,(H,10,11,12). The molecular formula is C7H12N2O3S. The van der Waals surface area contributed by atoms with Gasteiger partial charge in [0.05, 0.1) is 5.75 Å². The van der Waals surface area contributed by atoms with E-state index in [0.29, 0.717) is 13.0 Å². The lowest BCUT2D eigenvalue weighted by Gasteiger charge is -2.02. The van der Waals surface area contributed by atoms with Crippen molar-refractivity contribution in [1.29, 1.82) is 0 Å². The van der Waals surface area contributed by atoms with Crippen molar-refractivity contribution in [1.82, 2.24) is 9.55 Å². The molecular weight excluding hydrogens is 192 g/mol. The number of nitrogens with zero attached hydrogens (tertiary/aromatic N) is 2. The van der Waals surface area contributed by atoms with Crippen molar-refractivity contribution < 1.29 is 13.0 Å². The van der Waals surface area contributed by atoms with Gasteiger partial charge in [-0.1, -0.05) is 0 Å². The van der Waals surface area contributed by atoms with Gasteiger partial charge in [-0.05, 0) is 13.3 Å². The smallest absolute Gasteiger partial charge is 0.264 e. The predicted octanol–water partition coefficient (Wildman–Crippen LogP) is 0.469. The molecule has 5 nitrogen and oxygen atoms in total. The number of aryl methyl sites for hydroxylation is 2. The van der Waals surface area contributed by atoms with E-state index in [1.54, 1.807) is 12.4 Å². The van der Waals surface area contributed by atoms with Crippen molar-refractivity contribution in [3.8, 4) is 0 Å². The summed E-state index contributed by atoms with van der Waals surface area (Å²) >= 11 is 0. The van der Waals surface area contributed by atoms with E-state index < -0.39 is 10.1 Å². The van der Waals surface area contributed by atoms with Crippen LogP contribution in [0.3, 0.4) is 0 Å². The van der Waals surface area contributed by atoms with Gasteiger partial charge in [0.1, 0.15) is 5.82 Å². The molecule has 1 aromatic rings. The van der Waals surface area contributed by atoms with Crippen molar-refractivity contribution in [2.45, 2.75) is 19.9 Å². The second-order valence-corrected chi connectivity index (χ2v) is 4.38. The van der Waals surface area contributed by atoms with E-state index in [1.807, 2.05) is 11.5 Å². The van der Waals surface area contributed by atoms with Gasteiger partial charge in [0.2, 0.25) is 0 Å². The van der Waals surface area contributed by atoms with Crippen LogP contribution in [0.5, 0.6) is 0 Å². The molecule has 0 saturated carbocycles. The Morgan fingerprint density at radius 1 is 1.62 bits per heavy atom. The van der Waals surface area contributed by atoms with Gasteiger partial charge in [0, 0.05) is 18.9 Å². The highest BCUT2D eigenvalue weighted by atomic mass is 32.2. The summed E-state index contributed by atoms with van der Waals surface area (Å²) in [6.45, 7) is 2.40. The Hall–Kier alpha value is -0.880. The normalized spacial score (nSPS) is 11.8. The highest BCUT2D eigenvalue weighted by molar-refractivity contribution is 7.85. The average Bonchev–Trinajstić information content (AvgIpc) is 2.34. The Morgan fingerprint density at radius 2 is 2.31 bits per heavy atom. The minimum absolute atomic E-state index is 0.204. The summed E-state index contributed by atoms with van der Waals surface area (Å²) in [5.74, 6) is 0.639. The maximum atomic E-state index is 10.4. The van der Waals surface area contributed by atoms with Crippen molar-refractivity contribution in [3.63, 3.8) is 0 Å². The van der Waals surface area contributed by atoms with Gasteiger partial charge in [-0.3, -0.25) is 4.55 Å². The molecule has 1 N–H and O–H groups in total. The Labute approximate surface area is 77.2 Å². The Bertz CT molecular complexity index is 369. The molecule has 0 bridgehead atoms. The van der Waals surface area contributed by atoms with E-state index >= 15 is 0 Å². The summed E-state index contributed by atoms with van der Waals surface area (Å²) in [6.07, 6.45) is 3.83. The molecule has 0 amide bonds. The largest absolute Gasteiger partial charge is 0.335 e. The van der Waals surface area contributed by atoms with E-state index in [2.05, 4.69) is 4.98 Å². The maximum Gasteiger partial charge on any atom is 0.264 e. The number of rotatable bonds is 4. The molecule has 74 valence electrons. The van der Waals surface area contributed by atoms with Crippen LogP contribution in [-0.4, -0.2) is 28.3 Å². The van der Waals surface area contributed by atoms with Crippen LogP contribution in [0.4, 0.5) is 0 Å². The molecule has 0 unspecified atom stereocenters. The average molecular weight is 204 g/mol. The molecule has 0 aromatic carbocycles. The van der Waals surface area contributed by atoms with E-state index in [1.165, 1.54) is 0 Å². The van der Waals surface area contributed by atoms with Crippen LogP contribution in [0.1, 0.15) is 12.2 Å².